The maximum absolute atomic E-state index is 12.1. The molecule has 1 aromatic rings. The summed E-state index contributed by atoms with van der Waals surface area (Å²) in [6.07, 6.45) is 2.03. The third-order valence-corrected chi connectivity index (χ3v) is 3.16. The summed E-state index contributed by atoms with van der Waals surface area (Å²) in [6, 6.07) is 1.84. The molecule has 7 nitrogen and oxygen atoms in total. The van der Waals surface area contributed by atoms with Crippen LogP contribution in [0.4, 0.5) is 5.69 Å². The summed E-state index contributed by atoms with van der Waals surface area (Å²) in [4.78, 5) is 20.6. The molecule has 1 saturated heterocycles. The van der Waals surface area contributed by atoms with Crippen LogP contribution in [0.1, 0.15) is 12.0 Å². The Morgan fingerprint density at radius 3 is 3.16 bits per heavy atom. The number of ether oxygens (including phenoxy) is 1. The van der Waals surface area contributed by atoms with Crippen molar-refractivity contribution < 1.29 is 9.53 Å². The first-order chi connectivity index (χ1) is 9.17. The van der Waals surface area contributed by atoms with E-state index in [0.717, 1.165) is 5.56 Å². The van der Waals surface area contributed by atoms with Gasteiger partial charge in [-0.15, -0.1) is 0 Å². The number of rotatable bonds is 4. The molecule has 7 heteroatoms. The highest BCUT2D eigenvalue weighted by molar-refractivity contribution is 5.97. The van der Waals surface area contributed by atoms with Gasteiger partial charge in [0.1, 0.15) is 5.69 Å². The van der Waals surface area contributed by atoms with Crippen LogP contribution in [0, 0.1) is 12.8 Å². The van der Waals surface area contributed by atoms with E-state index in [1.807, 2.05) is 13.0 Å². The van der Waals surface area contributed by atoms with E-state index in [2.05, 4.69) is 15.0 Å². The fraction of sp³-hybridized carbons (Fsp3) is 0.500. The second kappa shape index (κ2) is 5.58. The van der Waals surface area contributed by atoms with Crippen molar-refractivity contribution in [3.8, 4) is 5.88 Å². The highest BCUT2D eigenvalue weighted by atomic mass is 16.5. The Labute approximate surface area is 110 Å². The molecule has 2 rings (SSSR count). The normalized spacial score (nSPS) is 18.3. The number of aryl methyl sites for hydroxylation is 1. The second-order valence-corrected chi connectivity index (χ2v) is 4.47. The van der Waals surface area contributed by atoms with E-state index in [-0.39, 0.29) is 11.8 Å². The van der Waals surface area contributed by atoms with E-state index in [1.165, 1.54) is 7.11 Å². The second-order valence-electron chi connectivity index (χ2n) is 4.47. The molecule has 2 heterocycles. The summed E-state index contributed by atoms with van der Waals surface area (Å²) in [6.45, 7) is 2.77. The molecule has 1 unspecified atom stereocenters. The SMILES string of the molecule is COc1nccc(C)c1N1CC(CN=[N+]=[N-])CC1=O. The first-order valence-corrected chi connectivity index (χ1v) is 5.98. The van der Waals surface area contributed by atoms with Crippen LogP contribution >= 0.6 is 0 Å². The van der Waals surface area contributed by atoms with Gasteiger partial charge in [-0.25, -0.2) is 4.98 Å². The summed E-state index contributed by atoms with van der Waals surface area (Å²) in [5, 5.41) is 3.54. The fourth-order valence-electron chi connectivity index (χ4n) is 2.28. The molecule has 0 radical (unpaired) electrons. The standard InChI is InChI=1S/C12H15N5O2/c1-8-3-4-14-12(19-2)11(8)17-7-9(5-10(17)18)6-15-16-13/h3-4,9H,5-7H2,1-2H3. The number of hydrogen-bond donors (Lipinski definition) is 0. The highest BCUT2D eigenvalue weighted by Gasteiger charge is 2.32. The average molecular weight is 261 g/mol. The molecule has 0 aliphatic carbocycles. The molecule has 1 atom stereocenters. The summed E-state index contributed by atoms with van der Waals surface area (Å²) in [5.74, 6) is 0.498. The minimum Gasteiger partial charge on any atom is -0.480 e. The van der Waals surface area contributed by atoms with Gasteiger partial charge in [0.25, 0.3) is 0 Å². The van der Waals surface area contributed by atoms with Crippen LogP contribution in [0.25, 0.3) is 10.4 Å². The summed E-state index contributed by atoms with van der Waals surface area (Å²) >= 11 is 0. The van der Waals surface area contributed by atoms with Crippen LogP contribution in [-0.4, -0.2) is 31.1 Å². The number of amides is 1. The van der Waals surface area contributed by atoms with Gasteiger partial charge < -0.3 is 9.64 Å². The summed E-state index contributed by atoms with van der Waals surface area (Å²) < 4.78 is 5.22. The molecule has 100 valence electrons. The van der Waals surface area contributed by atoms with Gasteiger partial charge in [0.05, 0.1) is 7.11 Å². The van der Waals surface area contributed by atoms with Crippen LogP contribution in [0.2, 0.25) is 0 Å². The van der Waals surface area contributed by atoms with Crippen molar-refractivity contribution in [2.45, 2.75) is 13.3 Å². The number of carbonyl (C=O) groups excluding carboxylic acids is 1. The molecule has 1 aliphatic rings. The van der Waals surface area contributed by atoms with Crippen molar-refractivity contribution in [1.82, 2.24) is 4.98 Å². The van der Waals surface area contributed by atoms with Crippen molar-refractivity contribution in [1.29, 1.82) is 0 Å². The van der Waals surface area contributed by atoms with Crippen LogP contribution in [0.15, 0.2) is 17.4 Å². The van der Waals surface area contributed by atoms with Crippen LogP contribution in [0.3, 0.4) is 0 Å². The Morgan fingerprint density at radius 2 is 2.47 bits per heavy atom. The number of methoxy groups -OCH3 is 1. The van der Waals surface area contributed by atoms with Gasteiger partial charge in [0, 0.05) is 30.6 Å². The van der Waals surface area contributed by atoms with Gasteiger partial charge in [-0.2, -0.15) is 0 Å². The third-order valence-electron chi connectivity index (χ3n) is 3.16. The minimum atomic E-state index is 0.00698. The first-order valence-electron chi connectivity index (χ1n) is 5.98. The van der Waals surface area contributed by atoms with Crippen LogP contribution < -0.4 is 9.64 Å². The van der Waals surface area contributed by atoms with Crippen molar-refractivity contribution >= 4 is 11.6 Å². The zero-order valence-electron chi connectivity index (χ0n) is 10.9. The van der Waals surface area contributed by atoms with E-state index in [0.29, 0.717) is 31.1 Å². The molecule has 1 fully saturated rings. The lowest BCUT2D eigenvalue weighted by Gasteiger charge is -2.20. The maximum Gasteiger partial charge on any atom is 0.237 e. The Balaban J connectivity index is 2.27. The fourth-order valence-corrected chi connectivity index (χ4v) is 2.28. The van der Waals surface area contributed by atoms with E-state index in [4.69, 9.17) is 10.3 Å². The van der Waals surface area contributed by atoms with Gasteiger partial charge >= 0.3 is 0 Å². The van der Waals surface area contributed by atoms with Crippen LogP contribution in [-0.2, 0) is 4.79 Å². The molecule has 0 spiro atoms. The van der Waals surface area contributed by atoms with Crippen molar-refractivity contribution in [2.24, 2.45) is 11.0 Å². The van der Waals surface area contributed by atoms with Gasteiger partial charge in [-0.05, 0) is 30.0 Å². The van der Waals surface area contributed by atoms with E-state index in [1.54, 1.807) is 11.1 Å². The highest BCUT2D eigenvalue weighted by Crippen LogP contribution is 2.34. The molecule has 0 N–H and O–H groups in total. The van der Waals surface area contributed by atoms with Crippen molar-refractivity contribution in [3.63, 3.8) is 0 Å². The van der Waals surface area contributed by atoms with E-state index in [9.17, 15) is 4.79 Å². The largest absolute Gasteiger partial charge is 0.480 e. The Hall–Kier alpha value is -2.27. The Morgan fingerprint density at radius 1 is 1.68 bits per heavy atom. The summed E-state index contributed by atoms with van der Waals surface area (Å²) in [7, 11) is 1.53. The molecule has 1 aromatic heterocycles. The number of aromatic nitrogens is 1. The molecule has 19 heavy (non-hydrogen) atoms. The Kier molecular flexibility index (Phi) is 3.87. The maximum atomic E-state index is 12.1. The van der Waals surface area contributed by atoms with E-state index < -0.39 is 0 Å². The van der Waals surface area contributed by atoms with Crippen molar-refractivity contribution in [2.75, 3.05) is 25.1 Å². The quantitative estimate of drug-likeness (QED) is 0.472. The van der Waals surface area contributed by atoms with Crippen molar-refractivity contribution in [3.05, 3.63) is 28.3 Å². The number of hydrogen-bond acceptors (Lipinski definition) is 4. The Bertz CT molecular complexity index is 539. The van der Waals surface area contributed by atoms with Gasteiger partial charge in [-0.1, -0.05) is 5.11 Å². The van der Waals surface area contributed by atoms with E-state index >= 15 is 0 Å². The smallest absolute Gasteiger partial charge is 0.237 e. The topological polar surface area (TPSA) is 91.2 Å². The third kappa shape index (κ3) is 2.61. The monoisotopic (exact) mass is 261 g/mol. The molecule has 0 bridgehead atoms. The predicted octanol–water partition coefficient (Wildman–Crippen LogP) is 2.06. The van der Waals surface area contributed by atoms with Gasteiger partial charge in [-0.3, -0.25) is 4.79 Å². The van der Waals surface area contributed by atoms with Gasteiger partial charge in [0.2, 0.25) is 11.8 Å². The van der Waals surface area contributed by atoms with Crippen LogP contribution in [0.5, 0.6) is 5.88 Å². The number of pyridine rings is 1. The van der Waals surface area contributed by atoms with Gasteiger partial charge in [0.15, 0.2) is 0 Å². The lowest BCUT2D eigenvalue weighted by molar-refractivity contribution is -0.117. The zero-order chi connectivity index (χ0) is 13.8. The zero-order valence-corrected chi connectivity index (χ0v) is 10.9. The molecule has 1 amide bonds. The number of carbonyl (C=O) groups is 1. The molecule has 0 aromatic carbocycles. The summed E-state index contributed by atoms with van der Waals surface area (Å²) in [5.41, 5.74) is 9.97. The first kappa shape index (κ1) is 13.2. The number of azide groups is 1. The molecule has 1 aliphatic heterocycles. The number of nitrogens with zero attached hydrogens (tertiary/aromatic N) is 5. The lowest BCUT2D eigenvalue weighted by atomic mass is 10.1. The molecular weight excluding hydrogens is 246 g/mol. The molecule has 0 saturated carbocycles. The predicted molar refractivity (Wildman–Crippen MR) is 70.0 cm³/mol. The average Bonchev–Trinajstić information content (AvgIpc) is 2.77. The lowest BCUT2D eigenvalue weighted by Crippen LogP contribution is -2.26. The minimum absolute atomic E-state index is 0.00698. The number of anilines is 1. The molecular formula is C12H15N5O2.